The highest BCUT2D eigenvalue weighted by Gasteiger charge is 2.10. The number of rotatable bonds is 5. The summed E-state index contributed by atoms with van der Waals surface area (Å²) in [4.78, 5) is 0. The molecule has 2 aromatic rings. The summed E-state index contributed by atoms with van der Waals surface area (Å²) < 4.78 is 12.0. The molecule has 0 spiro atoms. The van der Waals surface area contributed by atoms with Gasteiger partial charge in [-0.1, -0.05) is 12.1 Å². The largest absolute Gasteiger partial charge is 0.493 e. The Morgan fingerprint density at radius 2 is 1.86 bits per heavy atom. The van der Waals surface area contributed by atoms with E-state index in [1.165, 1.54) is 0 Å². The number of benzene rings is 2. The molecular weight excluding hydrogens is 334 g/mol. The Balaban J connectivity index is 2.29. The molecule has 0 aliphatic heterocycles. The molecule has 0 unspecified atom stereocenters. The maximum atomic E-state index is 9.15. The van der Waals surface area contributed by atoms with Gasteiger partial charge in [-0.3, -0.25) is 0 Å². The molecule has 1 atom stereocenters. The lowest BCUT2D eigenvalue weighted by Gasteiger charge is -2.14. The average Bonchev–Trinajstić information content (AvgIpc) is 2.49. The van der Waals surface area contributed by atoms with Crippen LogP contribution in [0.2, 0.25) is 0 Å². The van der Waals surface area contributed by atoms with Crippen LogP contribution in [0.1, 0.15) is 24.1 Å². The average molecular weight is 352 g/mol. The summed E-state index contributed by atoms with van der Waals surface area (Å²) in [7, 11) is 1.57. The van der Waals surface area contributed by atoms with E-state index in [0.29, 0.717) is 17.2 Å². The van der Waals surface area contributed by atoms with Crippen molar-refractivity contribution in [3.05, 3.63) is 52.0 Å². The Morgan fingerprint density at radius 1 is 1.14 bits per heavy atom. The van der Waals surface area contributed by atoms with Gasteiger partial charge >= 0.3 is 0 Å². The van der Waals surface area contributed by atoms with E-state index >= 15 is 0 Å². The molecule has 112 valence electrons. The Bertz CT molecular complexity index is 629. The number of nitrogens with two attached hydrogens (primary N) is 1. The molecule has 0 radical (unpaired) electrons. The van der Waals surface area contributed by atoms with E-state index in [2.05, 4.69) is 15.9 Å². The van der Waals surface area contributed by atoms with Crippen LogP contribution in [0, 0.1) is 0 Å². The second-order valence-corrected chi connectivity index (χ2v) is 5.58. The summed E-state index contributed by atoms with van der Waals surface area (Å²) in [5.41, 5.74) is 7.65. The lowest BCUT2D eigenvalue weighted by atomic mass is 10.1. The summed E-state index contributed by atoms with van der Waals surface area (Å²) in [5.74, 6) is 1.84. The van der Waals surface area contributed by atoms with Crippen LogP contribution in [0.25, 0.3) is 0 Å². The highest BCUT2D eigenvalue weighted by molar-refractivity contribution is 9.10. The summed E-state index contributed by atoms with van der Waals surface area (Å²) in [6.07, 6.45) is 0. The number of aliphatic hydroxyl groups is 1. The van der Waals surface area contributed by atoms with E-state index in [1.807, 2.05) is 25.1 Å². The zero-order chi connectivity index (χ0) is 15.4. The second kappa shape index (κ2) is 6.93. The van der Waals surface area contributed by atoms with Gasteiger partial charge in [0.25, 0.3) is 0 Å². The molecule has 0 aromatic heterocycles. The summed E-state index contributed by atoms with van der Waals surface area (Å²) in [5, 5.41) is 9.15. The van der Waals surface area contributed by atoms with Gasteiger partial charge < -0.3 is 20.3 Å². The van der Waals surface area contributed by atoms with Crippen molar-refractivity contribution in [2.24, 2.45) is 5.73 Å². The maximum absolute atomic E-state index is 9.15. The van der Waals surface area contributed by atoms with E-state index < -0.39 is 0 Å². The molecule has 4 nitrogen and oxygen atoms in total. The standard InChI is InChI=1S/C16H18BrNO3/c1-10(18)12-4-6-14(13(17)8-12)21-15-5-3-11(9-19)7-16(15)20-2/h3-8,10,19H,9,18H2,1-2H3/t10-/m0/s1. The first kappa shape index (κ1) is 15.8. The maximum Gasteiger partial charge on any atom is 0.169 e. The first-order chi connectivity index (χ1) is 10.0. The lowest BCUT2D eigenvalue weighted by molar-refractivity contribution is 0.280. The molecular formula is C16H18BrNO3. The number of hydrogen-bond acceptors (Lipinski definition) is 4. The molecule has 2 aromatic carbocycles. The zero-order valence-electron chi connectivity index (χ0n) is 12.0. The topological polar surface area (TPSA) is 64.7 Å². The molecule has 5 heteroatoms. The minimum Gasteiger partial charge on any atom is -0.493 e. The van der Waals surface area contributed by atoms with Crippen molar-refractivity contribution < 1.29 is 14.6 Å². The third kappa shape index (κ3) is 3.75. The van der Waals surface area contributed by atoms with E-state index in [9.17, 15) is 0 Å². The van der Waals surface area contributed by atoms with Crippen LogP contribution in [0.15, 0.2) is 40.9 Å². The fourth-order valence-electron chi connectivity index (χ4n) is 1.90. The van der Waals surface area contributed by atoms with Crippen molar-refractivity contribution in [1.82, 2.24) is 0 Å². The summed E-state index contributed by atoms with van der Waals surface area (Å²) in [6, 6.07) is 11.0. The fraction of sp³-hybridized carbons (Fsp3) is 0.250. The summed E-state index contributed by atoms with van der Waals surface area (Å²) >= 11 is 3.49. The van der Waals surface area contributed by atoms with Crippen LogP contribution >= 0.6 is 15.9 Å². The van der Waals surface area contributed by atoms with E-state index in [0.717, 1.165) is 15.6 Å². The normalized spacial score (nSPS) is 12.0. The van der Waals surface area contributed by atoms with Crippen molar-refractivity contribution >= 4 is 15.9 Å². The monoisotopic (exact) mass is 351 g/mol. The SMILES string of the molecule is COc1cc(CO)ccc1Oc1ccc([C@H](C)N)cc1Br. The van der Waals surface area contributed by atoms with Crippen molar-refractivity contribution in [2.45, 2.75) is 19.6 Å². The number of halogens is 1. The Labute approximate surface area is 132 Å². The first-order valence-corrected chi connectivity index (χ1v) is 7.35. The smallest absolute Gasteiger partial charge is 0.169 e. The predicted octanol–water partition coefficient (Wildman–Crippen LogP) is 3.76. The minimum absolute atomic E-state index is 0.0336. The quantitative estimate of drug-likeness (QED) is 0.860. The predicted molar refractivity (Wildman–Crippen MR) is 85.7 cm³/mol. The van der Waals surface area contributed by atoms with Crippen LogP contribution in [0.4, 0.5) is 0 Å². The zero-order valence-corrected chi connectivity index (χ0v) is 13.6. The van der Waals surface area contributed by atoms with Crippen molar-refractivity contribution in [1.29, 1.82) is 0 Å². The molecule has 0 amide bonds. The fourth-order valence-corrected chi connectivity index (χ4v) is 2.37. The van der Waals surface area contributed by atoms with Crippen LogP contribution < -0.4 is 15.2 Å². The van der Waals surface area contributed by atoms with E-state index in [-0.39, 0.29) is 12.6 Å². The Kier molecular flexibility index (Phi) is 5.22. The molecule has 0 heterocycles. The third-order valence-corrected chi connectivity index (χ3v) is 3.73. The van der Waals surface area contributed by atoms with Gasteiger partial charge in [-0.05, 0) is 58.2 Å². The molecule has 0 saturated carbocycles. The van der Waals surface area contributed by atoms with Crippen molar-refractivity contribution in [3.8, 4) is 17.2 Å². The second-order valence-electron chi connectivity index (χ2n) is 4.72. The molecule has 0 fully saturated rings. The van der Waals surface area contributed by atoms with Gasteiger partial charge in [-0.15, -0.1) is 0 Å². The minimum atomic E-state index is -0.0383. The van der Waals surface area contributed by atoms with Gasteiger partial charge in [-0.25, -0.2) is 0 Å². The van der Waals surface area contributed by atoms with Gasteiger partial charge in [0, 0.05) is 6.04 Å². The van der Waals surface area contributed by atoms with Crippen molar-refractivity contribution in [2.75, 3.05) is 7.11 Å². The number of hydrogen-bond donors (Lipinski definition) is 2. The van der Waals surface area contributed by atoms with Gasteiger partial charge in [0.05, 0.1) is 18.2 Å². The molecule has 2 rings (SSSR count). The van der Waals surface area contributed by atoms with Crippen LogP contribution in [0.5, 0.6) is 17.2 Å². The van der Waals surface area contributed by atoms with Gasteiger partial charge in [0.1, 0.15) is 5.75 Å². The van der Waals surface area contributed by atoms with Crippen LogP contribution in [-0.4, -0.2) is 12.2 Å². The number of aliphatic hydroxyl groups excluding tert-OH is 1. The van der Waals surface area contributed by atoms with Gasteiger partial charge in [0.2, 0.25) is 0 Å². The third-order valence-electron chi connectivity index (χ3n) is 3.11. The lowest BCUT2D eigenvalue weighted by Crippen LogP contribution is -2.04. The molecule has 0 bridgehead atoms. The molecule has 0 saturated heterocycles. The molecule has 21 heavy (non-hydrogen) atoms. The van der Waals surface area contributed by atoms with Gasteiger partial charge in [0.15, 0.2) is 11.5 Å². The summed E-state index contributed by atoms with van der Waals surface area (Å²) in [6.45, 7) is 1.89. The molecule has 0 aliphatic carbocycles. The van der Waals surface area contributed by atoms with Crippen LogP contribution in [-0.2, 0) is 6.61 Å². The first-order valence-electron chi connectivity index (χ1n) is 6.55. The molecule has 3 N–H and O–H groups in total. The highest BCUT2D eigenvalue weighted by atomic mass is 79.9. The van der Waals surface area contributed by atoms with Crippen LogP contribution in [0.3, 0.4) is 0 Å². The van der Waals surface area contributed by atoms with Gasteiger partial charge in [-0.2, -0.15) is 0 Å². The molecule has 0 aliphatic rings. The van der Waals surface area contributed by atoms with E-state index in [4.69, 9.17) is 20.3 Å². The highest BCUT2D eigenvalue weighted by Crippen LogP contribution is 2.36. The Hall–Kier alpha value is -1.56. The number of methoxy groups -OCH3 is 1. The van der Waals surface area contributed by atoms with E-state index in [1.54, 1.807) is 25.3 Å². The Morgan fingerprint density at radius 3 is 2.43 bits per heavy atom. The number of ether oxygens (including phenoxy) is 2. The van der Waals surface area contributed by atoms with Crippen molar-refractivity contribution in [3.63, 3.8) is 0 Å².